The lowest BCUT2D eigenvalue weighted by atomic mass is 10.3. The Morgan fingerprint density at radius 2 is 2.05 bits per heavy atom. The number of ether oxygens (including phenoxy) is 1. The smallest absolute Gasteiger partial charge is 0.282 e. The first kappa shape index (κ1) is 11.8. The molecule has 0 N–H and O–H groups in total. The highest BCUT2D eigenvalue weighted by atomic mass is 19.3. The minimum absolute atomic E-state index is 0.283. The first-order valence-electron chi connectivity index (χ1n) is 5.58. The van der Waals surface area contributed by atoms with Crippen molar-refractivity contribution in [3.05, 3.63) is 29.8 Å². The van der Waals surface area contributed by atoms with Crippen molar-refractivity contribution >= 4 is 16.7 Å². The van der Waals surface area contributed by atoms with Gasteiger partial charge in [0.05, 0.1) is 18.3 Å². The predicted octanol–water partition coefficient (Wildman–Crippen LogP) is 2.53. The lowest BCUT2D eigenvalue weighted by molar-refractivity contribution is 0.148. The predicted molar refractivity (Wildman–Crippen MR) is 64.5 cm³/mol. The molecule has 0 unspecified atom stereocenters. The van der Waals surface area contributed by atoms with Gasteiger partial charge < -0.3 is 4.74 Å². The van der Waals surface area contributed by atoms with Gasteiger partial charge in [0.2, 0.25) is 5.88 Å². The Morgan fingerprint density at radius 3 is 2.74 bits per heavy atom. The Labute approximate surface area is 106 Å². The molecule has 0 saturated heterocycles. The molecule has 0 fully saturated rings. The van der Waals surface area contributed by atoms with E-state index in [1.807, 2.05) is 0 Å². The zero-order valence-electron chi connectivity index (χ0n) is 10.3. The van der Waals surface area contributed by atoms with E-state index in [1.165, 1.54) is 17.8 Å². The number of fused-ring (bicyclic) bond motifs is 3. The number of pyridine rings is 1. The molecule has 0 amide bonds. The van der Waals surface area contributed by atoms with Gasteiger partial charge in [0.1, 0.15) is 17.5 Å². The Morgan fingerprint density at radius 1 is 1.26 bits per heavy atom. The van der Waals surface area contributed by atoms with Crippen molar-refractivity contribution in [1.82, 2.24) is 19.4 Å². The SMILES string of the molecule is COc1ccc2nc(C(F)F)c3c(C)ncn3c2n1. The molecule has 0 aromatic carbocycles. The van der Waals surface area contributed by atoms with E-state index in [2.05, 4.69) is 15.0 Å². The quantitative estimate of drug-likeness (QED) is 0.713. The molecule has 5 nitrogen and oxygen atoms in total. The number of rotatable bonds is 2. The first-order valence-corrected chi connectivity index (χ1v) is 5.58. The van der Waals surface area contributed by atoms with Crippen LogP contribution >= 0.6 is 0 Å². The highest BCUT2D eigenvalue weighted by molar-refractivity contribution is 5.77. The van der Waals surface area contributed by atoms with Gasteiger partial charge in [-0.1, -0.05) is 0 Å². The molecule has 0 saturated carbocycles. The molecule has 0 aliphatic rings. The van der Waals surface area contributed by atoms with Gasteiger partial charge in [-0.3, -0.25) is 4.40 Å². The van der Waals surface area contributed by atoms with Crippen LogP contribution in [0.1, 0.15) is 17.8 Å². The molecule has 0 aliphatic carbocycles. The molecule has 0 radical (unpaired) electrons. The summed E-state index contributed by atoms with van der Waals surface area (Å²) >= 11 is 0. The van der Waals surface area contributed by atoms with Crippen molar-refractivity contribution in [2.24, 2.45) is 0 Å². The maximum atomic E-state index is 13.1. The van der Waals surface area contributed by atoms with Gasteiger partial charge in [-0.15, -0.1) is 0 Å². The molecule has 0 bridgehead atoms. The summed E-state index contributed by atoms with van der Waals surface area (Å²) in [6.07, 6.45) is -1.20. The minimum Gasteiger partial charge on any atom is -0.481 e. The maximum absolute atomic E-state index is 13.1. The second kappa shape index (κ2) is 4.11. The van der Waals surface area contributed by atoms with E-state index in [9.17, 15) is 8.78 Å². The number of halogens is 2. The Kier molecular flexibility index (Phi) is 2.55. The minimum atomic E-state index is -2.66. The second-order valence-electron chi connectivity index (χ2n) is 4.04. The number of nitrogens with zero attached hydrogens (tertiary/aromatic N) is 4. The van der Waals surface area contributed by atoms with Gasteiger partial charge in [0.15, 0.2) is 5.65 Å². The van der Waals surface area contributed by atoms with Crippen molar-refractivity contribution in [2.45, 2.75) is 13.3 Å². The van der Waals surface area contributed by atoms with Crippen LogP contribution in [0.2, 0.25) is 0 Å². The lowest BCUT2D eigenvalue weighted by Crippen LogP contribution is -2.01. The zero-order valence-corrected chi connectivity index (χ0v) is 10.3. The van der Waals surface area contributed by atoms with Crippen LogP contribution in [0.5, 0.6) is 5.88 Å². The first-order chi connectivity index (χ1) is 9.11. The fourth-order valence-corrected chi connectivity index (χ4v) is 2.04. The van der Waals surface area contributed by atoms with Crippen LogP contribution in [0.15, 0.2) is 18.5 Å². The third kappa shape index (κ3) is 1.69. The number of aryl methyl sites for hydroxylation is 1. The van der Waals surface area contributed by atoms with Crippen LogP contribution in [0.3, 0.4) is 0 Å². The summed E-state index contributed by atoms with van der Waals surface area (Å²) in [5, 5.41) is 0. The van der Waals surface area contributed by atoms with E-state index in [0.717, 1.165) is 0 Å². The van der Waals surface area contributed by atoms with Crippen molar-refractivity contribution in [1.29, 1.82) is 0 Å². The van der Waals surface area contributed by atoms with Crippen LogP contribution in [0.4, 0.5) is 8.78 Å². The molecule has 3 heterocycles. The summed E-state index contributed by atoms with van der Waals surface area (Å²) in [5.74, 6) is 0.395. The van der Waals surface area contributed by atoms with E-state index in [0.29, 0.717) is 28.3 Å². The monoisotopic (exact) mass is 264 g/mol. The van der Waals surface area contributed by atoms with Gasteiger partial charge in [-0.05, 0) is 13.0 Å². The molecule has 3 aromatic heterocycles. The Balaban J connectivity index is 2.48. The zero-order chi connectivity index (χ0) is 13.6. The van der Waals surface area contributed by atoms with Crippen molar-refractivity contribution in [2.75, 3.05) is 7.11 Å². The molecule has 3 aromatic rings. The highest BCUT2D eigenvalue weighted by Gasteiger charge is 2.19. The summed E-state index contributed by atoms with van der Waals surface area (Å²) in [7, 11) is 1.49. The number of methoxy groups -OCH3 is 1. The van der Waals surface area contributed by atoms with Gasteiger partial charge in [-0.2, -0.15) is 4.98 Å². The van der Waals surface area contributed by atoms with Gasteiger partial charge in [0, 0.05) is 6.07 Å². The normalized spacial score (nSPS) is 11.6. The fraction of sp³-hybridized carbons (Fsp3) is 0.250. The van der Waals surface area contributed by atoms with Gasteiger partial charge in [0.25, 0.3) is 6.43 Å². The van der Waals surface area contributed by atoms with Crippen LogP contribution < -0.4 is 4.74 Å². The third-order valence-corrected chi connectivity index (χ3v) is 2.91. The van der Waals surface area contributed by atoms with Crippen molar-refractivity contribution in [3.63, 3.8) is 0 Å². The topological polar surface area (TPSA) is 52.3 Å². The molecule has 19 heavy (non-hydrogen) atoms. The molecule has 0 aliphatic heterocycles. The van der Waals surface area contributed by atoms with E-state index >= 15 is 0 Å². The Hall–Kier alpha value is -2.31. The summed E-state index contributed by atoms with van der Waals surface area (Å²) in [6.45, 7) is 1.66. The number of hydrogen-bond acceptors (Lipinski definition) is 4. The molecular weight excluding hydrogens is 254 g/mol. The standard InChI is InChI=1S/C12H10F2N4O/c1-6-10-9(11(13)14)16-7-3-4-8(19-2)17-12(7)18(10)5-15-6/h3-5,11H,1-2H3. The van der Waals surface area contributed by atoms with E-state index in [1.54, 1.807) is 19.1 Å². The van der Waals surface area contributed by atoms with Gasteiger partial charge >= 0.3 is 0 Å². The molecule has 0 atom stereocenters. The second-order valence-corrected chi connectivity index (χ2v) is 4.04. The van der Waals surface area contributed by atoms with Crippen molar-refractivity contribution < 1.29 is 13.5 Å². The molecule has 3 rings (SSSR count). The summed E-state index contributed by atoms with van der Waals surface area (Å²) in [4.78, 5) is 12.3. The maximum Gasteiger partial charge on any atom is 0.282 e. The Bertz CT molecular complexity index is 769. The fourth-order valence-electron chi connectivity index (χ4n) is 2.04. The average molecular weight is 264 g/mol. The number of hydrogen-bond donors (Lipinski definition) is 0. The highest BCUT2D eigenvalue weighted by Crippen LogP contribution is 2.27. The molecule has 98 valence electrons. The third-order valence-electron chi connectivity index (χ3n) is 2.91. The largest absolute Gasteiger partial charge is 0.481 e. The summed E-state index contributed by atoms with van der Waals surface area (Å²) in [6, 6.07) is 3.18. The molecule has 0 spiro atoms. The van der Waals surface area contributed by atoms with Crippen molar-refractivity contribution in [3.8, 4) is 5.88 Å². The van der Waals surface area contributed by atoms with E-state index in [-0.39, 0.29) is 5.69 Å². The summed E-state index contributed by atoms with van der Waals surface area (Å²) < 4.78 is 32.7. The number of imidazole rings is 1. The van der Waals surface area contributed by atoms with Gasteiger partial charge in [-0.25, -0.2) is 18.7 Å². The van der Waals surface area contributed by atoms with Crippen LogP contribution in [-0.4, -0.2) is 26.5 Å². The number of aromatic nitrogens is 4. The molecular formula is C12H10F2N4O. The van der Waals surface area contributed by atoms with Crippen LogP contribution in [0.25, 0.3) is 16.7 Å². The summed E-state index contributed by atoms with van der Waals surface area (Å²) in [5.41, 5.74) is 1.33. The van der Waals surface area contributed by atoms with Crippen LogP contribution in [0, 0.1) is 6.92 Å². The van der Waals surface area contributed by atoms with E-state index in [4.69, 9.17) is 4.74 Å². The molecule has 7 heteroatoms. The van der Waals surface area contributed by atoms with E-state index < -0.39 is 6.43 Å². The average Bonchev–Trinajstić information content (AvgIpc) is 2.80. The van der Waals surface area contributed by atoms with Crippen LogP contribution in [-0.2, 0) is 0 Å². The number of alkyl halides is 2. The lowest BCUT2D eigenvalue weighted by Gasteiger charge is -2.08.